The van der Waals surface area contributed by atoms with Crippen LogP contribution in [0, 0.1) is 0 Å². The van der Waals surface area contributed by atoms with Crippen molar-refractivity contribution >= 4 is 11.9 Å². The molecule has 0 aromatic carbocycles. The molecule has 1 atom stereocenters. The summed E-state index contributed by atoms with van der Waals surface area (Å²) < 4.78 is 5.40. The van der Waals surface area contributed by atoms with Crippen LogP contribution >= 0.6 is 0 Å². The molecular formula is C16H22N2O3. The molecule has 2 heterocycles. The number of ether oxygens (including phenoxy) is 1. The van der Waals surface area contributed by atoms with Gasteiger partial charge in [-0.1, -0.05) is 6.07 Å². The topological polar surface area (TPSA) is 59.5 Å². The number of esters is 1. The lowest BCUT2D eigenvalue weighted by molar-refractivity contribution is -0.163. The molecule has 0 unspecified atom stereocenters. The largest absolute Gasteiger partial charge is 0.458 e. The number of hydrogen-bond donors (Lipinski definition) is 0. The van der Waals surface area contributed by atoms with Crippen molar-refractivity contribution in [2.45, 2.75) is 51.7 Å². The number of likely N-dealkylation sites (tertiary alicyclic amines) is 1. The molecule has 1 aliphatic rings. The first-order chi connectivity index (χ1) is 9.87. The molecule has 0 saturated carbocycles. The van der Waals surface area contributed by atoms with Gasteiger partial charge in [-0.2, -0.15) is 0 Å². The third-order valence-corrected chi connectivity index (χ3v) is 3.31. The van der Waals surface area contributed by atoms with Crippen molar-refractivity contribution in [3.05, 3.63) is 30.1 Å². The van der Waals surface area contributed by atoms with Gasteiger partial charge in [0.1, 0.15) is 11.6 Å². The summed E-state index contributed by atoms with van der Waals surface area (Å²) in [5.41, 5.74) is 0.187. The lowest BCUT2D eigenvalue weighted by Crippen LogP contribution is -2.44. The van der Waals surface area contributed by atoms with E-state index in [2.05, 4.69) is 4.98 Å². The van der Waals surface area contributed by atoms with Gasteiger partial charge in [-0.3, -0.25) is 9.78 Å². The number of hydrogen-bond acceptors (Lipinski definition) is 4. The van der Waals surface area contributed by atoms with E-state index in [4.69, 9.17) is 4.74 Å². The van der Waals surface area contributed by atoms with Crippen LogP contribution in [0.1, 0.15) is 39.3 Å². The second-order valence-electron chi connectivity index (χ2n) is 6.28. The maximum absolute atomic E-state index is 12.4. The fourth-order valence-corrected chi connectivity index (χ4v) is 2.44. The first-order valence-corrected chi connectivity index (χ1v) is 7.29. The fraction of sp³-hybridized carbons (Fsp3) is 0.562. The number of carbonyl (C=O) groups is 2. The highest BCUT2D eigenvalue weighted by Crippen LogP contribution is 2.22. The van der Waals surface area contributed by atoms with Crippen LogP contribution in [0.5, 0.6) is 0 Å². The third kappa shape index (κ3) is 4.28. The van der Waals surface area contributed by atoms with Crippen molar-refractivity contribution in [2.24, 2.45) is 0 Å². The van der Waals surface area contributed by atoms with Crippen molar-refractivity contribution < 1.29 is 14.3 Å². The average molecular weight is 290 g/mol. The molecule has 1 fully saturated rings. The number of amides is 1. The summed E-state index contributed by atoms with van der Waals surface area (Å²) in [6.45, 7) is 6.11. The summed E-state index contributed by atoms with van der Waals surface area (Å²) in [5.74, 6) is -0.378. The zero-order valence-electron chi connectivity index (χ0n) is 12.8. The maximum Gasteiger partial charge on any atom is 0.329 e. The van der Waals surface area contributed by atoms with Crippen LogP contribution in [-0.4, -0.2) is 39.9 Å². The van der Waals surface area contributed by atoms with Gasteiger partial charge in [-0.25, -0.2) is 4.79 Å². The molecular weight excluding hydrogens is 268 g/mol. The second-order valence-corrected chi connectivity index (χ2v) is 6.28. The highest BCUT2D eigenvalue weighted by atomic mass is 16.6. The third-order valence-electron chi connectivity index (χ3n) is 3.31. The van der Waals surface area contributed by atoms with Gasteiger partial charge in [0, 0.05) is 18.4 Å². The Balaban J connectivity index is 2.01. The molecule has 0 spiro atoms. The van der Waals surface area contributed by atoms with Gasteiger partial charge in [0.15, 0.2) is 0 Å². The minimum atomic E-state index is -0.532. The van der Waals surface area contributed by atoms with Crippen molar-refractivity contribution in [2.75, 3.05) is 6.54 Å². The standard InChI is InChI=1S/C16H22N2O3/c1-16(2,3)21-15(20)13-8-6-10-18(13)14(19)11-12-7-4-5-9-17-12/h4-5,7,9,13H,6,8,10-11H2,1-3H3/t13-/m0/s1. The van der Waals surface area contributed by atoms with Crippen LogP contribution in [0.15, 0.2) is 24.4 Å². The van der Waals surface area contributed by atoms with Gasteiger partial charge in [0.2, 0.25) is 5.91 Å². The van der Waals surface area contributed by atoms with Gasteiger partial charge in [-0.15, -0.1) is 0 Å². The first-order valence-electron chi connectivity index (χ1n) is 7.29. The van der Waals surface area contributed by atoms with E-state index in [1.165, 1.54) is 0 Å². The number of carbonyl (C=O) groups excluding carboxylic acids is 2. The molecule has 0 aliphatic carbocycles. The van der Waals surface area contributed by atoms with Crippen LogP contribution in [-0.2, 0) is 20.7 Å². The minimum absolute atomic E-state index is 0.0675. The van der Waals surface area contributed by atoms with Crippen LogP contribution in [0.2, 0.25) is 0 Å². The zero-order valence-corrected chi connectivity index (χ0v) is 12.8. The molecule has 1 aliphatic heterocycles. The van der Waals surface area contributed by atoms with Gasteiger partial charge in [-0.05, 0) is 45.7 Å². The lowest BCUT2D eigenvalue weighted by atomic mass is 10.1. The molecule has 0 N–H and O–H groups in total. The van der Waals surface area contributed by atoms with Crippen LogP contribution in [0.3, 0.4) is 0 Å². The SMILES string of the molecule is CC(C)(C)OC(=O)[C@@H]1CCCN1C(=O)Cc1ccccn1. The fourth-order valence-electron chi connectivity index (χ4n) is 2.44. The van der Waals surface area contributed by atoms with Crippen LogP contribution in [0.4, 0.5) is 0 Å². The summed E-state index contributed by atoms with van der Waals surface area (Å²) >= 11 is 0. The van der Waals surface area contributed by atoms with E-state index >= 15 is 0 Å². The number of nitrogens with zero attached hydrogens (tertiary/aromatic N) is 2. The van der Waals surface area contributed by atoms with Gasteiger partial charge in [0.25, 0.3) is 0 Å². The molecule has 2 rings (SSSR count). The van der Waals surface area contributed by atoms with Crippen LogP contribution < -0.4 is 0 Å². The predicted octanol–water partition coefficient (Wildman–Crippen LogP) is 1.96. The maximum atomic E-state index is 12.4. The van der Waals surface area contributed by atoms with E-state index < -0.39 is 11.6 Å². The van der Waals surface area contributed by atoms with E-state index in [0.717, 1.165) is 12.1 Å². The molecule has 5 heteroatoms. The van der Waals surface area contributed by atoms with Gasteiger partial charge >= 0.3 is 5.97 Å². The van der Waals surface area contributed by atoms with E-state index in [-0.39, 0.29) is 18.3 Å². The van der Waals surface area contributed by atoms with Crippen molar-refractivity contribution in [3.8, 4) is 0 Å². The Morgan fingerprint density at radius 2 is 2.14 bits per heavy atom. The number of rotatable bonds is 3. The summed E-state index contributed by atoms with van der Waals surface area (Å²) in [4.78, 5) is 30.4. The average Bonchev–Trinajstić information content (AvgIpc) is 2.87. The summed E-state index contributed by atoms with van der Waals surface area (Å²) in [6.07, 6.45) is 3.39. The number of pyridine rings is 1. The molecule has 1 aromatic heterocycles. The Bertz CT molecular complexity index is 508. The zero-order chi connectivity index (χ0) is 15.5. The highest BCUT2D eigenvalue weighted by Gasteiger charge is 2.36. The highest BCUT2D eigenvalue weighted by molar-refractivity contribution is 5.86. The van der Waals surface area contributed by atoms with Crippen molar-refractivity contribution in [3.63, 3.8) is 0 Å². The Morgan fingerprint density at radius 1 is 1.38 bits per heavy atom. The van der Waals surface area contributed by atoms with Crippen LogP contribution in [0.25, 0.3) is 0 Å². The van der Waals surface area contributed by atoms with E-state index in [1.807, 2.05) is 39.0 Å². The molecule has 0 radical (unpaired) electrons. The molecule has 0 bridgehead atoms. The molecule has 21 heavy (non-hydrogen) atoms. The molecule has 1 saturated heterocycles. The van der Waals surface area contributed by atoms with Crippen molar-refractivity contribution in [1.29, 1.82) is 0 Å². The Hall–Kier alpha value is -1.91. The molecule has 1 aromatic rings. The minimum Gasteiger partial charge on any atom is -0.458 e. The molecule has 1 amide bonds. The molecule has 114 valence electrons. The Labute approximate surface area is 125 Å². The first kappa shape index (κ1) is 15.5. The summed E-state index contributed by atoms with van der Waals surface area (Å²) in [7, 11) is 0. The summed E-state index contributed by atoms with van der Waals surface area (Å²) in [5, 5.41) is 0. The smallest absolute Gasteiger partial charge is 0.329 e. The van der Waals surface area contributed by atoms with E-state index in [1.54, 1.807) is 11.1 Å². The predicted molar refractivity (Wildman–Crippen MR) is 78.5 cm³/mol. The summed E-state index contributed by atoms with van der Waals surface area (Å²) in [6, 6.07) is 5.02. The van der Waals surface area contributed by atoms with Gasteiger partial charge < -0.3 is 9.64 Å². The number of aromatic nitrogens is 1. The van der Waals surface area contributed by atoms with E-state index in [9.17, 15) is 9.59 Å². The Kier molecular flexibility index (Phi) is 4.60. The lowest BCUT2D eigenvalue weighted by Gasteiger charge is -2.27. The van der Waals surface area contributed by atoms with Gasteiger partial charge in [0.05, 0.1) is 6.42 Å². The Morgan fingerprint density at radius 3 is 2.76 bits per heavy atom. The monoisotopic (exact) mass is 290 g/mol. The van der Waals surface area contributed by atoms with Crippen molar-refractivity contribution in [1.82, 2.24) is 9.88 Å². The van der Waals surface area contributed by atoms with E-state index in [0.29, 0.717) is 13.0 Å². The normalized spacial score (nSPS) is 18.6. The molecule has 5 nitrogen and oxygen atoms in total. The second kappa shape index (κ2) is 6.24. The quantitative estimate of drug-likeness (QED) is 0.798.